The Hall–Kier alpha value is -0.0900. The highest BCUT2D eigenvalue weighted by Gasteiger charge is 2.10. The summed E-state index contributed by atoms with van der Waals surface area (Å²) in [6.07, 6.45) is 0.760. The molecule has 0 rings (SSSR count). The third-order valence-electron chi connectivity index (χ3n) is 2.24. The monoisotopic (exact) mass is 221 g/mol. The lowest BCUT2D eigenvalue weighted by atomic mass is 10.1. The molecule has 0 spiro atoms. The van der Waals surface area contributed by atoms with Crippen LogP contribution in [0.5, 0.6) is 0 Å². The second-order valence-electron chi connectivity index (χ2n) is 4.19. The number of nitrogens with one attached hydrogen (secondary N) is 1. The Morgan fingerprint density at radius 3 is 2.21 bits per heavy atom. The van der Waals surface area contributed by atoms with Crippen LogP contribution in [0.3, 0.4) is 0 Å². The van der Waals surface area contributed by atoms with Crippen LogP contribution < -0.4 is 5.32 Å². The second-order valence-corrected chi connectivity index (χ2v) is 6.67. The van der Waals surface area contributed by atoms with Crippen molar-refractivity contribution in [3.8, 4) is 0 Å². The molecule has 0 aliphatic carbocycles. The van der Waals surface area contributed by atoms with E-state index >= 15 is 0 Å². The molecule has 0 radical (unpaired) electrons. The molecule has 0 aromatic carbocycles. The molecule has 0 aromatic heterocycles. The molecule has 0 amide bonds. The van der Waals surface area contributed by atoms with E-state index in [2.05, 4.69) is 26.1 Å². The molecule has 0 heterocycles. The number of hydrogen-bond acceptors (Lipinski definition) is 3. The van der Waals surface area contributed by atoms with Gasteiger partial charge in [-0.15, -0.1) is 0 Å². The predicted octanol–water partition coefficient (Wildman–Crippen LogP) is 1.45. The summed E-state index contributed by atoms with van der Waals surface area (Å²) in [5.74, 6) is 1.01. The van der Waals surface area contributed by atoms with Crippen molar-refractivity contribution in [1.82, 2.24) is 5.32 Å². The van der Waals surface area contributed by atoms with E-state index in [9.17, 15) is 8.42 Å². The summed E-state index contributed by atoms with van der Waals surface area (Å²) in [6.45, 7) is 8.87. The predicted molar refractivity (Wildman–Crippen MR) is 61.2 cm³/mol. The minimum absolute atomic E-state index is 0.261. The highest BCUT2D eigenvalue weighted by Crippen LogP contribution is 2.04. The number of rotatable bonds is 7. The van der Waals surface area contributed by atoms with E-state index in [-0.39, 0.29) is 5.75 Å². The van der Waals surface area contributed by atoms with Crippen molar-refractivity contribution in [1.29, 1.82) is 0 Å². The fourth-order valence-corrected chi connectivity index (χ4v) is 2.11. The molecule has 86 valence electrons. The molecule has 0 aliphatic heterocycles. The summed E-state index contributed by atoms with van der Waals surface area (Å²) in [7, 11) is -2.78. The van der Waals surface area contributed by atoms with Gasteiger partial charge < -0.3 is 5.32 Å². The maximum Gasteiger partial charge on any atom is 0.150 e. The van der Waals surface area contributed by atoms with E-state index in [1.165, 1.54) is 0 Å². The number of hydrogen-bond donors (Lipinski definition) is 1. The van der Waals surface area contributed by atoms with Crippen molar-refractivity contribution in [3.63, 3.8) is 0 Å². The van der Waals surface area contributed by atoms with Crippen LogP contribution in [0.4, 0.5) is 0 Å². The van der Waals surface area contributed by atoms with Gasteiger partial charge in [0.25, 0.3) is 0 Å². The smallest absolute Gasteiger partial charge is 0.150 e. The second kappa shape index (κ2) is 6.40. The summed E-state index contributed by atoms with van der Waals surface area (Å²) in [5.41, 5.74) is 0. The quantitative estimate of drug-likeness (QED) is 0.707. The largest absolute Gasteiger partial charge is 0.314 e. The summed E-state index contributed by atoms with van der Waals surface area (Å²) < 4.78 is 22.4. The first-order valence-corrected chi connectivity index (χ1v) is 7.13. The fourth-order valence-electron chi connectivity index (χ4n) is 1.06. The standard InChI is InChI=1S/C10H23NO2S/c1-5-14(12,13)7-6-10(4)8-11-9(2)3/h9-11H,5-8H2,1-4H3. The van der Waals surface area contributed by atoms with Gasteiger partial charge in [-0.2, -0.15) is 0 Å². The molecule has 1 N–H and O–H groups in total. The maximum absolute atomic E-state index is 11.2. The van der Waals surface area contributed by atoms with Crippen molar-refractivity contribution in [2.45, 2.75) is 40.2 Å². The Bertz CT molecular complexity index is 235. The molecule has 0 bridgehead atoms. The molecule has 1 atom stereocenters. The molecule has 0 fully saturated rings. The molecule has 4 heteroatoms. The van der Waals surface area contributed by atoms with E-state index < -0.39 is 9.84 Å². The van der Waals surface area contributed by atoms with Crippen molar-refractivity contribution in [3.05, 3.63) is 0 Å². The van der Waals surface area contributed by atoms with Gasteiger partial charge in [0.05, 0.1) is 5.75 Å². The first-order chi connectivity index (χ1) is 6.37. The molecule has 14 heavy (non-hydrogen) atoms. The van der Waals surface area contributed by atoms with Crippen molar-refractivity contribution < 1.29 is 8.42 Å². The van der Waals surface area contributed by atoms with Gasteiger partial charge in [0.2, 0.25) is 0 Å². The van der Waals surface area contributed by atoms with E-state index in [4.69, 9.17) is 0 Å². The van der Waals surface area contributed by atoms with E-state index in [1.807, 2.05) is 0 Å². The molecular weight excluding hydrogens is 198 g/mol. The normalized spacial score (nSPS) is 14.6. The SMILES string of the molecule is CCS(=O)(=O)CCC(C)CNC(C)C. The van der Waals surface area contributed by atoms with Crippen LogP contribution in [0.2, 0.25) is 0 Å². The Morgan fingerprint density at radius 2 is 1.79 bits per heavy atom. The average molecular weight is 221 g/mol. The van der Waals surface area contributed by atoms with Crippen LogP contribution in [-0.2, 0) is 9.84 Å². The third-order valence-corrected chi connectivity index (χ3v) is 3.97. The summed E-state index contributed by atoms with van der Waals surface area (Å²) in [5, 5.41) is 3.30. The van der Waals surface area contributed by atoms with Gasteiger partial charge in [-0.3, -0.25) is 0 Å². The fraction of sp³-hybridized carbons (Fsp3) is 1.00. The van der Waals surface area contributed by atoms with Gasteiger partial charge in [0.1, 0.15) is 9.84 Å². The zero-order chi connectivity index (χ0) is 11.2. The van der Waals surface area contributed by atoms with Gasteiger partial charge in [0, 0.05) is 11.8 Å². The van der Waals surface area contributed by atoms with Gasteiger partial charge in [-0.1, -0.05) is 27.7 Å². The van der Waals surface area contributed by atoms with Gasteiger partial charge in [-0.25, -0.2) is 8.42 Å². The third kappa shape index (κ3) is 7.33. The van der Waals surface area contributed by atoms with Crippen LogP contribution in [-0.4, -0.2) is 32.5 Å². The zero-order valence-corrected chi connectivity index (χ0v) is 10.5. The van der Waals surface area contributed by atoms with Gasteiger partial charge in [-0.05, 0) is 18.9 Å². The number of sulfone groups is 1. The van der Waals surface area contributed by atoms with Crippen LogP contribution in [0.25, 0.3) is 0 Å². The minimum Gasteiger partial charge on any atom is -0.314 e. The Kier molecular flexibility index (Phi) is 6.36. The van der Waals surface area contributed by atoms with E-state index in [0.717, 1.165) is 13.0 Å². The van der Waals surface area contributed by atoms with Crippen LogP contribution >= 0.6 is 0 Å². The molecular formula is C10H23NO2S. The highest BCUT2D eigenvalue weighted by atomic mass is 32.2. The van der Waals surface area contributed by atoms with Gasteiger partial charge in [0.15, 0.2) is 0 Å². The average Bonchev–Trinajstić information content (AvgIpc) is 2.11. The Morgan fingerprint density at radius 1 is 1.21 bits per heavy atom. The molecule has 0 aliphatic rings. The van der Waals surface area contributed by atoms with Crippen molar-refractivity contribution in [2.24, 2.45) is 5.92 Å². The minimum atomic E-state index is -2.78. The maximum atomic E-state index is 11.2. The molecule has 1 unspecified atom stereocenters. The van der Waals surface area contributed by atoms with E-state index in [0.29, 0.717) is 17.7 Å². The summed E-state index contributed by atoms with van der Waals surface area (Å²) >= 11 is 0. The first kappa shape index (κ1) is 13.9. The Balaban J connectivity index is 3.69. The molecule has 3 nitrogen and oxygen atoms in total. The molecule has 0 aromatic rings. The zero-order valence-electron chi connectivity index (χ0n) is 9.71. The van der Waals surface area contributed by atoms with Crippen LogP contribution in [0, 0.1) is 5.92 Å². The summed E-state index contributed by atoms with van der Waals surface area (Å²) in [6, 6.07) is 0.472. The Labute approximate surface area is 88.2 Å². The lowest BCUT2D eigenvalue weighted by Crippen LogP contribution is -2.28. The van der Waals surface area contributed by atoms with Crippen molar-refractivity contribution >= 4 is 9.84 Å². The highest BCUT2D eigenvalue weighted by molar-refractivity contribution is 7.91. The molecule has 0 saturated carbocycles. The molecule has 0 saturated heterocycles. The topological polar surface area (TPSA) is 46.2 Å². The van der Waals surface area contributed by atoms with E-state index in [1.54, 1.807) is 6.92 Å². The van der Waals surface area contributed by atoms with Crippen LogP contribution in [0.15, 0.2) is 0 Å². The van der Waals surface area contributed by atoms with Crippen LogP contribution in [0.1, 0.15) is 34.1 Å². The lowest BCUT2D eigenvalue weighted by Gasteiger charge is -2.14. The first-order valence-electron chi connectivity index (χ1n) is 5.31. The lowest BCUT2D eigenvalue weighted by molar-refractivity contribution is 0.466. The van der Waals surface area contributed by atoms with Crippen molar-refractivity contribution in [2.75, 3.05) is 18.1 Å². The summed E-state index contributed by atoms with van der Waals surface area (Å²) in [4.78, 5) is 0. The van der Waals surface area contributed by atoms with Gasteiger partial charge >= 0.3 is 0 Å².